The molecule has 2 aromatic rings. The predicted molar refractivity (Wildman–Crippen MR) is 58.9 cm³/mol. The van der Waals surface area contributed by atoms with Gasteiger partial charge in [0.15, 0.2) is 23.6 Å². The van der Waals surface area contributed by atoms with E-state index in [4.69, 9.17) is 9.52 Å². The molecule has 0 saturated heterocycles. The summed E-state index contributed by atoms with van der Waals surface area (Å²) in [7, 11) is 0. The summed E-state index contributed by atoms with van der Waals surface area (Å²) in [6.07, 6.45) is 1.08. The number of benzene rings is 1. The number of nitrogens with zero attached hydrogens (tertiary/aromatic N) is 1. The third-order valence-corrected chi connectivity index (χ3v) is 2.32. The third-order valence-electron chi connectivity index (χ3n) is 2.32. The lowest BCUT2D eigenvalue weighted by molar-refractivity contribution is 0.0691. The highest BCUT2D eigenvalue weighted by molar-refractivity contribution is 5.95. The zero-order chi connectivity index (χ0) is 12.4. The number of oxazole rings is 1. The van der Waals surface area contributed by atoms with Crippen LogP contribution in [0.1, 0.15) is 27.8 Å². The molecule has 0 unspecified atom stereocenters. The molecule has 0 aliphatic rings. The molecule has 2 rings (SSSR count). The average Bonchev–Trinajstić information content (AvgIpc) is 2.78. The minimum Gasteiger partial charge on any atom is -0.476 e. The van der Waals surface area contributed by atoms with E-state index in [0.29, 0.717) is 11.1 Å². The molecule has 0 amide bonds. The third kappa shape index (κ3) is 2.08. The molecule has 0 fully saturated rings. The summed E-state index contributed by atoms with van der Waals surface area (Å²) in [6.45, 7) is 1.46. The van der Waals surface area contributed by atoms with E-state index in [1.807, 2.05) is 0 Å². The van der Waals surface area contributed by atoms with Gasteiger partial charge in [0.05, 0.1) is 0 Å². The van der Waals surface area contributed by atoms with E-state index in [2.05, 4.69) is 4.98 Å². The first-order chi connectivity index (χ1) is 8.09. The fraction of sp³-hybridized carbons (Fsp3) is 0.0833. The quantitative estimate of drug-likeness (QED) is 0.819. The number of aromatic carboxylic acids is 1. The maximum atomic E-state index is 11.1. The molecule has 0 radical (unpaired) electrons. The van der Waals surface area contributed by atoms with Gasteiger partial charge in [0, 0.05) is 11.1 Å². The summed E-state index contributed by atoms with van der Waals surface area (Å²) in [6, 6.07) is 6.49. The van der Waals surface area contributed by atoms with Crippen molar-refractivity contribution in [3.63, 3.8) is 0 Å². The Labute approximate surface area is 96.7 Å². The van der Waals surface area contributed by atoms with Crippen molar-refractivity contribution in [1.82, 2.24) is 4.98 Å². The van der Waals surface area contributed by atoms with Crippen LogP contribution in [0.4, 0.5) is 0 Å². The average molecular weight is 231 g/mol. The molecule has 0 saturated carbocycles. The van der Waals surface area contributed by atoms with Crippen LogP contribution in [0, 0.1) is 0 Å². The smallest absolute Gasteiger partial charge is 0.358 e. The topological polar surface area (TPSA) is 80.4 Å². The molecular weight excluding hydrogens is 222 g/mol. The zero-order valence-corrected chi connectivity index (χ0v) is 9.01. The number of carbonyl (C=O) groups excluding carboxylic acids is 1. The number of carboxylic acid groups (broad SMARTS) is 1. The molecule has 0 bridgehead atoms. The first kappa shape index (κ1) is 11.1. The van der Waals surface area contributed by atoms with E-state index in [1.165, 1.54) is 6.92 Å². The van der Waals surface area contributed by atoms with Crippen LogP contribution in [-0.4, -0.2) is 21.8 Å². The van der Waals surface area contributed by atoms with E-state index in [-0.39, 0.29) is 17.2 Å². The molecule has 0 atom stereocenters. The maximum Gasteiger partial charge on any atom is 0.358 e. The predicted octanol–water partition coefficient (Wildman–Crippen LogP) is 2.24. The summed E-state index contributed by atoms with van der Waals surface area (Å²) in [4.78, 5) is 25.6. The highest BCUT2D eigenvalue weighted by Crippen LogP contribution is 2.23. The second-order valence-corrected chi connectivity index (χ2v) is 3.47. The lowest BCUT2D eigenvalue weighted by Crippen LogP contribution is -1.98. The Kier molecular flexibility index (Phi) is 2.74. The molecule has 1 heterocycles. The second kappa shape index (κ2) is 4.21. The van der Waals surface area contributed by atoms with Crippen molar-refractivity contribution in [2.24, 2.45) is 0 Å². The maximum absolute atomic E-state index is 11.1. The van der Waals surface area contributed by atoms with Gasteiger partial charge in [0.2, 0.25) is 0 Å². The molecule has 1 N–H and O–H groups in total. The molecule has 1 aromatic carbocycles. The Hall–Kier alpha value is -2.43. The minimum atomic E-state index is -1.15. The van der Waals surface area contributed by atoms with Crippen molar-refractivity contribution >= 4 is 11.8 Å². The number of carboxylic acids is 1. The summed E-state index contributed by atoms with van der Waals surface area (Å²) in [5.41, 5.74) is 0.996. The molecule has 86 valence electrons. The monoisotopic (exact) mass is 231 g/mol. The molecule has 5 nitrogen and oxygen atoms in total. The summed E-state index contributed by atoms with van der Waals surface area (Å²) < 4.78 is 5.04. The Balaban J connectivity index is 2.43. The number of Topliss-reactive ketones (excluding diaryl/α,β-unsaturated/α-hetero) is 1. The molecular formula is C12H9NO4. The normalized spacial score (nSPS) is 10.2. The summed E-state index contributed by atoms with van der Waals surface area (Å²) in [5.74, 6) is -1.01. The van der Waals surface area contributed by atoms with Crippen molar-refractivity contribution in [2.75, 3.05) is 0 Å². The van der Waals surface area contributed by atoms with Gasteiger partial charge < -0.3 is 9.52 Å². The Morgan fingerprint density at radius 3 is 2.41 bits per heavy atom. The number of ketones is 1. The van der Waals surface area contributed by atoms with Crippen molar-refractivity contribution in [2.45, 2.75) is 6.92 Å². The Morgan fingerprint density at radius 2 is 1.88 bits per heavy atom. The Bertz CT molecular complexity index is 568. The van der Waals surface area contributed by atoms with Gasteiger partial charge in [-0.2, -0.15) is 0 Å². The van der Waals surface area contributed by atoms with Crippen molar-refractivity contribution < 1.29 is 19.1 Å². The molecule has 0 spiro atoms. The molecule has 17 heavy (non-hydrogen) atoms. The van der Waals surface area contributed by atoms with Gasteiger partial charge >= 0.3 is 5.97 Å². The van der Waals surface area contributed by atoms with Crippen molar-refractivity contribution in [3.05, 3.63) is 41.9 Å². The lowest BCUT2D eigenvalue weighted by Gasteiger charge is -1.99. The van der Waals surface area contributed by atoms with Gasteiger partial charge in [0.25, 0.3) is 0 Å². The molecule has 1 aromatic heterocycles. The van der Waals surface area contributed by atoms with Gasteiger partial charge in [-0.05, 0) is 6.92 Å². The number of hydrogen-bond donors (Lipinski definition) is 1. The first-order valence-electron chi connectivity index (χ1n) is 4.87. The van der Waals surface area contributed by atoms with Crippen LogP contribution in [0.25, 0.3) is 11.3 Å². The van der Waals surface area contributed by atoms with Crippen LogP contribution in [0.15, 0.2) is 35.1 Å². The van der Waals surface area contributed by atoms with Crippen LogP contribution >= 0.6 is 0 Å². The van der Waals surface area contributed by atoms with Gasteiger partial charge in [-0.3, -0.25) is 4.79 Å². The van der Waals surface area contributed by atoms with E-state index in [9.17, 15) is 9.59 Å². The highest BCUT2D eigenvalue weighted by atomic mass is 16.4. The SMILES string of the molecule is CC(=O)c1ccc(-c2ocnc2C(=O)O)cc1. The van der Waals surface area contributed by atoms with Gasteiger partial charge in [-0.1, -0.05) is 24.3 Å². The van der Waals surface area contributed by atoms with Crippen LogP contribution in [0.3, 0.4) is 0 Å². The van der Waals surface area contributed by atoms with Crippen LogP contribution in [0.2, 0.25) is 0 Å². The molecule has 0 aliphatic carbocycles. The van der Waals surface area contributed by atoms with E-state index < -0.39 is 5.97 Å². The van der Waals surface area contributed by atoms with Crippen molar-refractivity contribution in [3.8, 4) is 11.3 Å². The second-order valence-electron chi connectivity index (χ2n) is 3.47. The number of hydrogen-bond acceptors (Lipinski definition) is 4. The zero-order valence-electron chi connectivity index (χ0n) is 9.01. The lowest BCUT2D eigenvalue weighted by atomic mass is 10.1. The summed E-state index contributed by atoms with van der Waals surface area (Å²) in [5, 5.41) is 8.88. The highest BCUT2D eigenvalue weighted by Gasteiger charge is 2.17. The van der Waals surface area contributed by atoms with Crippen LogP contribution in [-0.2, 0) is 0 Å². The molecule has 0 aliphatic heterocycles. The van der Waals surface area contributed by atoms with Crippen LogP contribution < -0.4 is 0 Å². The number of carbonyl (C=O) groups is 2. The van der Waals surface area contributed by atoms with Crippen molar-refractivity contribution in [1.29, 1.82) is 0 Å². The standard InChI is InChI=1S/C12H9NO4/c1-7(14)8-2-4-9(5-3-8)11-10(12(15)16)13-6-17-11/h2-6H,1H3,(H,15,16). The van der Waals surface area contributed by atoms with E-state index in [0.717, 1.165) is 6.39 Å². The van der Waals surface area contributed by atoms with Gasteiger partial charge in [-0.25, -0.2) is 9.78 Å². The minimum absolute atomic E-state index is 0.0485. The van der Waals surface area contributed by atoms with E-state index in [1.54, 1.807) is 24.3 Å². The van der Waals surface area contributed by atoms with E-state index >= 15 is 0 Å². The Morgan fingerprint density at radius 1 is 1.24 bits per heavy atom. The first-order valence-corrected chi connectivity index (χ1v) is 4.87. The fourth-order valence-corrected chi connectivity index (χ4v) is 1.46. The van der Waals surface area contributed by atoms with Crippen LogP contribution in [0.5, 0.6) is 0 Å². The number of rotatable bonds is 3. The molecule has 5 heteroatoms. The fourth-order valence-electron chi connectivity index (χ4n) is 1.46. The summed E-state index contributed by atoms with van der Waals surface area (Å²) >= 11 is 0. The largest absolute Gasteiger partial charge is 0.476 e. The van der Waals surface area contributed by atoms with Gasteiger partial charge in [-0.15, -0.1) is 0 Å². The number of aromatic nitrogens is 1. The van der Waals surface area contributed by atoms with Gasteiger partial charge in [0.1, 0.15) is 0 Å².